The van der Waals surface area contributed by atoms with Gasteiger partial charge >= 0.3 is 0 Å². The summed E-state index contributed by atoms with van der Waals surface area (Å²) in [6.07, 6.45) is 0. The standard InChI is InChI=1S/C15H18N2O2S/c1-11-8-9-15(14(16)10-11)20(18,19)17-12(2)13-6-4-3-5-7-13/h3-10,12,17H,16H2,1-2H3/t12-/m0/s1. The van der Waals surface area contributed by atoms with E-state index in [1.165, 1.54) is 6.07 Å². The fourth-order valence-electron chi connectivity index (χ4n) is 2.02. The summed E-state index contributed by atoms with van der Waals surface area (Å²) >= 11 is 0. The van der Waals surface area contributed by atoms with Gasteiger partial charge in [0.15, 0.2) is 0 Å². The first-order chi connectivity index (χ1) is 9.40. The number of nitrogen functional groups attached to an aromatic ring is 1. The molecular formula is C15H18N2O2S. The third kappa shape index (κ3) is 3.18. The molecule has 0 aromatic heterocycles. The quantitative estimate of drug-likeness (QED) is 0.850. The summed E-state index contributed by atoms with van der Waals surface area (Å²) in [5, 5.41) is 0. The van der Waals surface area contributed by atoms with Crippen LogP contribution in [0.3, 0.4) is 0 Å². The first-order valence-corrected chi connectivity index (χ1v) is 7.82. The van der Waals surface area contributed by atoms with Crippen LogP contribution in [0.2, 0.25) is 0 Å². The molecule has 0 saturated carbocycles. The van der Waals surface area contributed by atoms with Gasteiger partial charge in [-0.05, 0) is 37.1 Å². The Morgan fingerprint density at radius 2 is 1.75 bits per heavy atom. The summed E-state index contributed by atoms with van der Waals surface area (Å²) in [6.45, 7) is 3.67. The Bertz CT molecular complexity index is 697. The lowest BCUT2D eigenvalue weighted by atomic mass is 10.1. The smallest absolute Gasteiger partial charge is 0.243 e. The monoisotopic (exact) mass is 290 g/mol. The van der Waals surface area contributed by atoms with E-state index in [1.807, 2.05) is 37.3 Å². The average molecular weight is 290 g/mol. The van der Waals surface area contributed by atoms with Gasteiger partial charge < -0.3 is 5.73 Å². The van der Waals surface area contributed by atoms with Gasteiger partial charge in [-0.3, -0.25) is 0 Å². The van der Waals surface area contributed by atoms with Crippen LogP contribution in [0.1, 0.15) is 24.1 Å². The summed E-state index contributed by atoms with van der Waals surface area (Å²) in [7, 11) is -3.63. The highest BCUT2D eigenvalue weighted by Crippen LogP contribution is 2.22. The van der Waals surface area contributed by atoms with Crippen LogP contribution in [0, 0.1) is 6.92 Å². The molecular weight excluding hydrogens is 272 g/mol. The zero-order chi connectivity index (χ0) is 14.8. The van der Waals surface area contributed by atoms with Crippen LogP contribution in [0.5, 0.6) is 0 Å². The zero-order valence-corrected chi connectivity index (χ0v) is 12.3. The number of sulfonamides is 1. The van der Waals surface area contributed by atoms with Crippen LogP contribution in [-0.4, -0.2) is 8.42 Å². The van der Waals surface area contributed by atoms with Gasteiger partial charge in [-0.25, -0.2) is 13.1 Å². The third-order valence-electron chi connectivity index (χ3n) is 3.09. The Hall–Kier alpha value is -1.85. The molecule has 4 nitrogen and oxygen atoms in total. The van der Waals surface area contributed by atoms with Crippen LogP contribution < -0.4 is 10.5 Å². The van der Waals surface area contributed by atoms with Gasteiger partial charge in [0, 0.05) is 6.04 Å². The van der Waals surface area contributed by atoms with Crippen molar-refractivity contribution in [2.75, 3.05) is 5.73 Å². The topological polar surface area (TPSA) is 72.2 Å². The second-order valence-corrected chi connectivity index (χ2v) is 6.48. The van der Waals surface area contributed by atoms with E-state index in [-0.39, 0.29) is 16.6 Å². The molecule has 0 radical (unpaired) electrons. The summed E-state index contributed by atoms with van der Waals surface area (Å²) in [4.78, 5) is 0.117. The van der Waals surface area contributed by atoms with Gasteiger partial charge in [0.1, 0.15) is 4.90 Å². The van der Waals surface area contributed by atoms with E-state index in [1.54, 1.807) is 19.1 Å². The van der Waals surface area contributed by atoms with Crippen molar-refractivity contribution in [2.24, 2.45) is 0 Å². The number of hydrogen-bond donors (Lipinski definition) is 2. The minimum atomic E-state index is -3.63. The van der Waals surface area contributed by atoms with Gasteiger partial charge in [-0.15, -0.1) is 0 Å². The Labute approximate surface area is 119 Å². The van der Waals surface area contributed by atoms with Crippen molar-refractivity contribution in [3.63, 3.8) is 0 Å². The van der Waals surface area contributed by atoms with Crippen molar-refractivity contribution in [1.82, 2.24) is 4.72 Å². The molecule has 0 aliphatic carbocycles. The molecule has 2 aromatic carbocycles. The molecule has 0 bridgehead atoms. The first kappa shape index (κ1) is 14.6. The number of hydrogen-bond acceptors (Lipinski definition) is 3. The summed E-state index contributed by atoms with van der Waals surface area (Å²) in [5.74, 6) is 0. The first-order valence-electron chi connectivity index (χ1n) is 6.33. The summed E-state index contributed by atoms with van der Waals surface area (Å²) in [5.41, 5.74) is 7.90. The Kier molecular flexibility index (Phi) is 4.11. The third-order valence-corrected chi connectivity index (χ3v) is 4.70. The van der Waals surface area contributed by atoms with E-state index in [9.17, 15) is 8.42 Å². The maximum absolute atomic E-state index is 12.4. The van der Waals surface area contributed by atoms with Gasteiger partial charge in [0.2, 0.25) is 10.0 Å². The van der Waals surface area contributed by atoms with Crippen molar-refractivity contribution in [2.45, 2.75) is 24.8 Å². The molecule has 0 unspecified atom stereocenters. The summed E-state index contributed by atoms with van der Waals surface area (Å²) in [6, 6.07) is 14.0. The second kappa shape index (κ2) is 5.64. The lowest BCUT2D eigenvalue weighted by Gasteiger charge is -2.15. The summed E-state index contributed by atoms with van der Waals surface area (Å²) < 4.78 is 27.4. The average Bonchev–Trinajstić information content (AvgIpc) is 2.38. The second-order valence-electron chi connectivity index (χ2n) is 4.79. The number of anilines is 1. The van der Waals surface area contributed by atoms with Crippen molar-refractivity contribution < 1.29 is 8.42 Å². The molecule has 0 amide bonds. The highest BCUT2D eigenvalue weighted by Gasteiger charge is 2.20. The fourth-order valence-corrected chi connectivity index (χ4v) is 3.36. The van der Waals surface area contributed by atoms with E-state index >= 15 is 0 Å². The van der Waals surface area contributed by atoms with Crippen molar-refractivity contribution in [3.05, 3.63) is 59.7 Å². The molecule has 0 saturated heterocycles. The molecule has 2 aromatic rings. The zero-order valence-electron chi connectivity index (χ0n) is 11.5. The van der Waals surface area contributed by atoms with Crippen LogP contribution in [-0.2, 0) is 10.0 Å². The van der Waals surface area contributed by atoms with Gasteiger partial charge in [0.25, 0.3) is 0 Å². The molecule has 3 N–H and O–H groups in total. The SMILES string of the molecule is Cc1ccc(S(=O)(=O)N[C@@H](C)c2ccccc2)c(N)c1. The molecule has 0 aliphatic rings. The minimum Gasteiger partial charge on any atom is -0.398 e. The van der Waals surface area contributed by atoms with Gasteiger partial charge in [0.05, 0.1) is 5.69 Å². The van der Waals surface area contributed by atoms with Crippen LogP contribution in [0.25, 0.3) is 0 Å². The van der Waals surface area contributed by atoms with Crippen molar-refractivity contribution in [1.29, 1.82) is 0 Å². The van der Waals surface area contributed by atoms with E-state index in [4.69, 9.17) is 5.73 Å². The Morgan fingerprint density at radius 3 is 2.35 bits per heavy atom. The van der Waals surface area contributed by atoms with Crippen LogP contribution in [0.15, 0.2) is 53.4 Å². The van der Waals surface area contributed by atoms with E-state index < -0.39 is 10.0 Å². The fraction of sp³-hybridized carbons (Fsp3) is 0.200. The van der Waals surface area contributed by atoms with Gasteiger partial charge in [-0.1, -0.05) is 36.4 Å². The number of benzene rings is 2. The number of nitrogens with two attached hydrogens (primary N) is 1. The highest BCUT2D eigenvalue weighted by molar-refractivity contribution is 7.89. The van der Waals surface area contributed by atoms with E-state index in [2.05, 4.69) is 4.72 Å². The van der Waals surface area contributed by atoms with Crippen LogP contribution in [0.4, 0.5) is 5.69 Å². The predicted octanol–water partition coefficient (Wildman–Crippen LogP) is 2.62. The van der Waals surface area contributed by atoms with Gasteiger partial charge in [-0.2, -0.15) is 0 Å². The highest BCUT2D eigenvalue weighted by atomic mass is 32.2. The minimum absolute atomic E-state index is 0.117. The molecule has 0 fully saturated rings. The lowest BCUT2D eigenvalue weighted by Crippen LogP contribution is -2.27. The van der Waals surface area contributed by atoms with E-state index in [0.717, 1.165) is 11.1 Å². The molecule has 0 spiro atoms. The Balaban J connectivity index is 2.28. The number of rotatable bonds is 4. The Morgan fingerprint density at radius 1 is 1.10 bits per heavy atom. The predicted molar refractivity (Wildman–Crippen MR) is 80.8 cm³/mol. The maximum Gasteiger partial charge on any atom is 0.243 e. The maximum atomic E-state index is 12.4. The van der Waals surface area contributed by atoms with Crippen molar-refractivity contribution in [3.8, 4) is 0 Å². The normalized spacial score (nSPS) is 13.1. The largest absolute Gasteiger partial charge is 0.398 e. The molecule has 0 heterocycles. The molecule has 106 valence electrons. The van der Waals surface area contributed by atoms with E-state index in [0.29, 0.717) is 0 Å². The molecule has 0 aliphatic heterocycles. The number of nitrogens with one attached hydrogen (secondary N) is 1. The lowest BCUT2D eigenvalue weighted by molar-refractivity contribution is 0.567. The van der Waals surface area contributed by atoms with Crippen molar-refractivity contribution >= 4 is 15.7 Å². The molecule has 2 rings (SSSR count). The molecule has 1 atom stereocenters. The number of aryl methyl sites for hydroxylation is 1. The molecule has 20 heavy (non-hydrogen) atoms. The van der Waals surface area contributed by atoms with Crippen LogP contribution >= 0.6 is 0 Å². The molecule has 5 heteroatoms.